The third kappa shape index (κ3) is 2.30. The van der Waals surface area contributed by atoms with Gasteiger partial charge < -0.3 is 14.8 Å². The molecule has 0 saturated carbocycles. The highest BCUT2D eigenvalue weighted by Gasteiger charge is 2.07. The molecule has 0 atom stereocenters. The summed E-state index contributed by atoms with van der Waals surface area (Å²) in [4.78, 5) is 0. The number of phenolic OH excluding ortho intramolecular Hbond substituents is 1. The van der Waals surface area contributed by atoms with Crippen LogP contribution in [0.1, 0.15) is 22.6 Å². The molecule has 0 spiro atoms. The maximum atomic E-state index is 9.82. The van der Waals surface area contributed by atoms with Gasteiger partial charge in [0, 0.05) is 11.3 Å². The van der Waals surface area contributed by atoms with E-state index in [0.29, 0.717) is 23.8 Å². The predicted molar refractivity (Wildman–Crippen MR) is 68.3 cm³/mol. The molecule has 2 N–H and O–H groups in total. The average molecular weight is 242 g/mol. The minimum atomic E-state index is 0.301. The molecular formula is C14H14N2O2. The largest absolute Gasteiger partial charge is 0.507 e. The predicted octanol–water partition coefficient (Wildman–Crippen LogP) is 3.09. The number of nitrogens with zero attached hydrogens (tertiary/aromatic N) is 1. The van der Waals surface area contributed by atoms with Crippen molar-refractivity contribution in [3.05, 3.63) is 46.9 Å². The van der Waals surface area contributed by atoms with Crippen LogP contribution in [-0.4, -0.2) is 5.11 Å². The van der Waals surface area contributed by atoms with E-state index in [9.17, 15) is 5.11 Å². The Morgan fingerprint density at radius 1 is 1.28 bits per heavy atom. The van der Waals surface area contributed by atoms with E-state index in [1.54, 1.807) is 12.1 Å². The summed E-state index contributed by atoms with van der Waals surface area (Å²) in [6, 6.07) is 9.10. The molecule has 0 aliphatic rings. The third-order valence-electron chi connectivity index (χ3n) is 2.86. The number of nitriles is 1. The fourth-order valence-corrected chi connectivity index (χ4v) is 1.74. The standard InChI is InChI=1S/C14H14N2O2/c1-9-3-6-13(10(2)14(9)17)16-8-12-5-4-11(7-15)18-12/h3-6,16-17H,8H2,1-2H3. The van der Waals surface area contributed by atoms with Crippen molar-refractivity contribution < 1.29 is 9.52 Å². The molecule has 0 aliphatic carbocycles. The van der Waals surface area contributed by atoms with Gasteiger partial charge in [-0.25, -0.2) is 0 Å². The van der Waals surface area contributed by atoms with Crippen LogP contribution in [-0.2, 0) is 6.54 Å². The van der Waals surface area contributed by atoms with Crippen molar-refractivity contribution in [3.8, 4) is 11.8 Å². The van der Waals surface area contributed by atoms with Gasteiger partial charge in [-0.1, -0.05) is 6.07 Å². The topological polar surface area (TPSA) is 69.2 Å². The molecule has 0 fully saturated rings. The van der Waals surface area contributed by atoms with E-state index in [-0.39, 0.29) is 0 Å². The number of hydrogen-bond acceptors (Lipinski definition) is 4. The summed E-state index contributed by atoms with van der Waals surface area (Å²) >= 11 is 0. The summed E-state index contributed by atoms with van der Waals surface area (Å²) in [7, 11) is 0. The lowest BCUT2D eigenvalue weighted by Gasteiger charge is -2.11. The van der Waals surface area contributed by atoms with Gasteiger partial charge in [0.25, 0.3) is 0 Å². The zero-order chi connectivity index (χ0) is 13.1. The smallest absolute Gasteiger partial charge is 0.203 e. The van der Waals surface area contributed by atoms with E-state index in [4.69, 9.17) is 9.68 Å². The van der Waals surface area contributed by atoms with Crippen molar-refractivity contribution in [1.82, 2.24) is 0 Å². The number of benzene rings is 1. The number of rotatable bonds is 3. The van der Waals surface area contributed by atoms with Crippen molar-refractivity contribution >= 4 is 5.69 Å². The first kappa shape index (κ1) is 12.1. The number of anilines is 1. The second-order valence-corrected chi connectivity index (χ2v) is 4.13. The van der Waals surface area contributed by atoms with Crippen molar-refractivity contribution in [2.45, 2.75) is 20.4 Å². The first-order valence-corrected chi connectivity index (χ1v) is 5.63. The highest BCUT2D eigenvalue weighted by atomic mass is 16.3. The summed E-state index contributed by atoms with van der Waals surface area (Å²) in [6.07, 6.45) is 0. The van der Waals surface area contributed by atoms with Crippen molar-refractivity contribution in [2.75, 3.05) is 5.32 Å². The van der Waals surface area contributed by atoms with E-state index >= 15 is 0 Å². The lowest BCUT2D eigenvalue weighted by molar-refractivity contribution is 0.467. The van der Waals surface area contributed by atoms with Gasteiger partial charge in [-0.2, -0.15) is 5.26 Å². The van der Waals surface area contributed by atoms with Crippen LogP contribution in [0.25, 0.3) is 0 Å². The van der Waals surface area contributed by atoms with Gasteiger partial charge in [0.05, 0.1) is 6.54 Å². The summed E-state index contributed by atoms with van der Waals surface area (Å²) in [5.41, 5.74) is 2.51. The zero-order valence-corrected chi connectivity index (χ0v) is 10.3. The van der Waals surface area contributed by atoms with Gasteiger partial charge in [0.1, 0.15) is 17.6 Å². The van der Waals surface area contributed by atoms with Crippen LogP contribution in [0.3, 0.4) is 0 Å². The lowest BCUT2D eigenvalue weighted by Crippen LogP contribution is -2.00. The van der Waals surface area contributed by atoms with Gasteiger partial charge in [0.2, 0.25) is 5.76 Å². The quantitative estimate of drug-likeness (QED) is 0.867. The van der Waals surface area contributed by atoms with E-state index < -0.39 is 0 Å². The molecule has 4 nitrogen and oxygen atoms in total. The highest BCUT2D eigenvalue weighted by Crippen LogP contribution is 2.28. The Morgan fingerprint density at radius 3 is 2.72 bits per heavy atom. The van der Waals surface area contributed by atoms with E-state index in [0.717, 1.165) is 16.8 Å². The molecule has 92 valence electrons. The van der Waals surface area contributed by atoms with Crippen LogP contribution in [0.4, 0.5) is 5.69 Å². The minimum absolute atomic E-state index is 0.301. The molecule has 0 bridgehead atoms. The number of hydrogen-bond donors (Lipinski definition) is 2. The van der Waals surface area contributed by atoms with Gasteiger partial charge in [0.15, 0.2) is 0 Å². The van der Waals surface area contributed by atoms with Crippen LogP contribution < -0.4 is 5.32 Å². The molecule has 18 heavy (non-hydrogen) atoms. The number of nitrogens with one attached hydrogen (secondary N) is 1. The first-order chi connectivity index (χ1) is 8.61. The van der Waals surface area contributed by atoms with Crippen LogP contribution >= 0.6 is 0 Å². The van der Waals surface area contributed by atoms with E-state index in [1.807, 2.05) is 32.0 Å². The number of aromatic hydroxyl groups is 1. The molecule has 0 amide bonds. The SMILES string of the molecule is Cc1ccc(NCc2ccc(C#N)o2)c(C)c1O. The normalized spacial score (nSPS) is 10.1. The van der Waals surface area contributed by atoms with Crippen molar-refractivity contribution in [1.29, 1.82) is 5.26 Å². The molecule has 1 aromatic carbocycles. The second-order valence-electron chi connectivity index (χ2n) is 4.13. The fourth-order valence-electron chi connectivity index (χ4n) is 1.74. The average Bonchev–Trinajstić information content (AvgIpc) is 2.83. The van der Waals surface area contributed by atoms with Crippen molar-refractivity contribution in [2.24, 2.45) is 0 Å². The summed E-state index contributed by atoms with van der Waals surface area (Å²) < 4.78 is 5.26. The van der Waals surface area contributed by atoms with Crippen LogP contribution in [0.5, 0.6) is 5.75 Å². The number of furan rings is 1. The van der Waals surface area contributed by atoms with E-state index in [2.05, 4.69) is 5.32 Å². The number of phenols is 1. The molecule has 1 heterocycles. The van der Waals surface area contributed by atoms with Gasteiger partial charge >= 0.3 is 0 Å². The Morgan fingerprint density at radius 2 is 2.06 bits per heavy atom. The summed E-state index contributed by atoms with van der Waals surface area (Å²) in [5.74, 6) is 1.29. The van der Waals surface area contributed by atoms with Crippen LogP contribution in [0.2, 0.25) is 0 Å². The maximum Gasteiger partial charge on any atom is 0.203 e. The van der Waals surface area contributed by atoms with Crippen LogP contribution in [0.15, 0.2) is 28.7 Å². The van der Waals surface area contributed by atoms with Crippen molar-refractivity contribution in [3.63, 3.8) is 0 Å². The fraction of sp³-hybridized carbons (Fsp3) is 0.214. The Bertz CT molecular complexity index is 609. The van der Waals surface area contributed by atoms with Gasteiger partial charge in [-0.3, -0.25) is 0 Å². The summed E-state index contributed by atoms with van der Waals surface area (Å²) in [5, 5.41) is 21.6. The molecular weight excluding hydrogens is 228 g/mol. The third-order valence-corrected chi connectivity index (χ3v) is 2.86. The second kappa shape index (κ2) is 4.84. The Labute approximate surface area is 105 Å². The molecule has 0 unspecified atom stereocenters. The van der Waals surface area contributed by atoms with Gasteiger partial charge in [-0.15, -0.1) is 0 Å². The molecule has 0 saturated heterocycles. The highest BCUT2D eigenvalue weighted by molar-refractivity contribution is 5.59. The Kier molecular flexibility index (Phi) is 3.24. The van der Waals surface area contributed by atoms with Gasteiger partial charge in [-0.05, 0) is 37.6 Å². The molecule has 0 aliphatic heterocycles. The monoisotopic (exact) mass is 242 g/mol. The summed E-state index contributed by atoms with van der Waals surface area (Å²) in [6.45, 7) is 4.19. The Balaban J connectivity index is 2.11. The molecule has 1 aromatic heterocycles. The Hall–Kier alpha value is -2.41. The molecule has 0 radical (unpaired) electrons. The van der Waals surface area contributed by atoms with E-state index in [1.165, 1.54) is 0 Å². The zero-order valence-electron chi connectivity index (χ0n) is 10.3. The maximum absolute atomic E-state index is 9.82. The molecule has 2 aromatic rings. The first-order valence-electron chi connectivity index (χ1n) is 5.63. The molecule has 4 heteroatoms. The lowest BCUT2D eigenvalue weighted by atomic mass is 10.1. The minimum Gasteiger partial charge on any atom is -0.507 e. The molecule has 2 rings (SSSR count). The van der Waals surface area contributed by atoms with Crippen LogP contribution in [0, 0.1) is 25.2 Å². The number of aryl methyl sites for hydroxylation is 1.